The predicted molar refractivity (Wildman–Crippen MR) is 128 cm³/mol. The standard InChI is InChI=1S/C27H26ClNO3/c1-2-25(32-22-14-12-18-8-6-7-11-20(18)16-22)27(31)29-24-15-13-21(28)17-23(24)26(30)19-9-4-3-5-10-19/h3-5,9-10,12-17,25H,2,6-8,11H2,1H3,(H,29,31)/t25-/m0/s1. The Morgan fingerprint density at radius 2 is 1.72 bits per heavy atom. The number of rotatable bonds is 7. The Morgan fingerprint density at radius 3 is 2.47 bits per heavy atom. The number of ketones is 1. The third-order valence-electron chi connectivity index (χ3n) is 5.78. The van der Waals surface area contributed by atoms with E-state index < -0.39 is 6.10 Å². The number of amides is 1. The summed E-state index contributed by atoms with van der Waals surface area (Å²) in [6, 6.07) is 19.9. The largest absolute Gasteiger partial charge is 0.481 e. The summed E-state index contributed by atoms with van der Waals surface area (Å²) in [7, 11) is 0. The Labute approximate surface area is 193 Å². The van der Waals surface area contributed by atoms with Crippen molar-refractivity contribution in [2.45, 2.75) is 45.1 Å². The van der Waals surface area contributed by atoms with Crippen molar-refractivity contribution < 1.29 is 14.3 Å². The second-order valence-electron chi connectivity index (χ2n) is 8.03. The molecular weight excluding hydrogens is 422 g/mol. The molecular formula is C27H26ClNO3. The van der Waals surface area contributed by atoms with E-state index in [9.17, 15) is 9.59 Å². The molecule has 3 aromatic rings. The van der Waals surface area contributed by atoms with Crippen LogP contribution in [-0.2, 0) is 17.6 Å². The normalized spacial score (nSPS) is 13.7. The third kappa shape index (κ3) is 5.03. The maximum absolute atomic E-state index is 13.1. The maximum atomic E-state index is 13.1. The Bertz CT molecular complexity index is 1130. The van der Waals surface area contributed by atoms with Crippen LogP contribution in [0.25, 0.3) is 0 Å². The SMILES string of the molecule is CC[C@H](Oc1ccc2c(c1)CCCC2)C(=O)Nc1ccc(Cl)cc1C(=O)c1ccccc1. The minimum atomic E-state index is -0.674. The highest BCUT2D eigenvalue weighted by molar-refractivity contribution is 6.31. The quantitative estimate of drug-likeness (QED) is 0.436. The molecule has 0 bridgehead atoms. The average molecular weight is 448 g/mol. The van der Waals surface area contributed by atoms with Crippen LogP contribution < -0.4 is 10.1 Å². The zero-order valence-electron chi connectivity index (χ0n) is 18.1. The van der Waals surface area contributed by atoms with Gasteiger partial charge in [0.25, 0.3) is 5.91 Å². The van der Waals surface area contributed by atoms with Gasteiger partial charge in [0, 0.05) is 16.1 Å². The van der Waals surface area contributed by atoms with E-state index in [0.717, 1.165) is 12.8 Å². The van der Waals surface area contributed by atoms with Crippen LogP contribution in [0.5, 0.6) is 5.75 Å². The van der Waals surface area contributed by atoms with Gasteiger partial charge in [-0.15, -0.1) is 0 Å². The molecule has 0 radical (unpaired) electrons. The summed E-state index contributed by atoms with van der Waals surface area (Å²) in [5, 5.41) is 3.31. The van der Waals surface area contributed by atoms with Crippen molar-refractivity contribution in [3.63, 3.8) is 0 Å². The molecule has 0 aromatic heterocycles. The molecule has 1 amide bonds. The maximum Gasteiger partial charge on any atom is 0.265 e. The van der Waals surface area contributed by atoms with Crippen LogP contribution in [0.15, 0.2) is 66.7 Å². The molecule has 0 fully saturated rings. The topological polar surface area (TPSA) is 55.4 Å². The number of carbonyl (C=O) groups excluding carboxylic acids is 2. The van der Waals surface area contributed by atoms with E-state index in [1.165, 1.54) is 24.0 Å². The summed E-state index contributed by atoms with van der Waals surface area (Å²) in [6.07, 6.45) is 4.37. The van der Waals surface area contributed by atoms with Gasteiger partial charge in [0.1, 0.15) is 5.75 Å². The van der Waals surface area contributed by atoms with Crippen LogP contribution >= 0.6 is 11.6 Å². The summed E-state index contributed by atoms with van der Waals surface area (Å²) in [4.78, 5) is 26.1. The zero-order valence-corrected chi connectivity index (χ0v) is 18.8. The van der Waals surface area contributed by atoms with Gasteiger partial charge in [0.05, 0.1) is 5.69 Å². The van der Waals surface area contributed by atoms with Crippen LogP contribution in [0.1, 0.15) is 53.2 Å². The number of carbonyl (C=O) groups is 2. The average Bonchev–Trinajstić information content (AvgIpc) is 2.83. The van der Waals surface area contributed by atoms with E-state index in [1.807, 2.05) is 19.1 Å². The fourth-order valence-corrected chi connectivity index (χ4v) is 4.21. The third-order valence-corrected chi connectivity index (χ3v) is 6.02. The molecule has 0 heterocycles. The first-order valence-corrected chi connectivity index (χ1v) is 11.4. The van der Waals surface area contributed by atoms with Crippen molar-refractivity contribution in [2.75, 3.05) is 5.32 Å². The molecule has 4 rings (SSSR count). The number of ether oxygens (including phenoxy) is 1. The first-order valence-electron chi connectivity index (χ1n) is 11.0. The number of fused-ring (bicyclic) bond motifs is 1. The lowest BCUT2D eigenvalue weighted by atomic mass is 9.92. The van der Waals surface area contributed by atoms with Crippen molar-refractivity contribution in [1.29, 1.82) is 0 Å². The molecule has 0 unspecified atom stereocenters. The molecule has 164 valence electrons. The smallest absolute Gasteiger partial charge is 0.265 e. The van der Waals surface area contributed by atoms with Crippen LogP contribution in [-0.4, -0.2) is 17.8 Å². The molecule has 1 aliphatic rings. The highest BCUT2D eigenvalue weighted by Gasteiger charge is 2.22. The predicted octanol–water partition coefficient (Wildman–Crippen LogP) is 6.25. The summed E-state index contributed by atoms with van der Waals surface area (Å²) in [5.41, 5.74) is 3.97. The molecule has 0 saturated heterocycles. The van der Waals surface area contributed by atoms with Crippen molar-refractivity contribution >= 4 is 29.0 Å². The van der Waals surface area contributed by atoms with E-state index in [-0.39, 0.29) is 11.7 Å². The first kappa shape index (κ1) is 22.1. The van der Waals surface area contributed by atoms with Gasteiger partial charge in [-0.25, -0.2) is 0 Å². The van der Waals surface area contributed by atoms with Crippen LogP contribution in [0.3, 0.4) is 0 Å². The molecule has 1 aliphatic carbocycles. The highest BCUT2D eigenvalue weighted by atomic mass is 35.5. The number of nitrogens with one attached hydrogen (secondary N) is 1. The lowest BCUT2D eigenvalue weighted by molar-refractivity contribution is -0.122. The Morgan fingerprint density at radius 1 is 0.969 bits per heavy atom. The van der Waals surface area contributed by atoms with E-state index in [4.69, 9.17) is 16.3 Å². The van der Waals surface area contributed by atoms with Gasteiger partial charge in [-0.05, 0) is 73.6 Å². The van der Waals surface area contributed by atoms with E-state index in [0.29, 0.717) is 34.0 Å². The van der Waals surface area contributed by atoms with Gasteiger partial charge in [-0.3, -0.25) is 9.59 Å². The number of anilines is 1. The number of aryl methyl sites for hydroxylation is 2. The minimum Gasteiger partial charge on any atom is -0.481 e. The minimum absolute atomic E-state index is 0.202. The van der Waals surface area contributed by atoms with Crippen molar-refractivity contribution in [2.24, 2.45) is 0 Å². The van der Waals surface area contributed by atoms with Gasteiger partial charge in [0.15, 0.2) is 11.9 Å². The van der Waals surface area contributed by atoms with Gasteiger partial charge in [-0.1, -0.05) is 54.9 Å². The van der Waals surface area contributed by atoms with Gasteiger partial charge in [0.2, 0.25) is 0 Å². The Hall–Kier alpha value is -3.11. The van der Waals surface area contributed by atoms with Crippen molar-refractivity contribution in [3.05, 3.63) is 94.0 Å². The monoisotopic (exact) mass is 447 g/mol. The van der Waals surface area contributed by atoms with E-state index in [2.05, 4.69) is 17.4 Å². The summed E-state index contributed by atoms with van der Waals surface area (Å²) >= 11 is 6.15. The van der Waals surface area contributed by atoms with Gasteiger partial charge in [-0.2, -0.15) is 0 Å². The number of benzene rings is 3. The lowest BCUT2D eigenvalue weighted by Crippen LogP contribution is -2.33. The Balaban J connectivity index is 1.53. The number of hydrogen-bond acceptors (Lipinski definition) is 3. The molecule has 3 aromatic carbocycles. The molecule has 1 atom stereocenters. The molecule has 32 heavy (non-hydrogen) atoms. The number of hydrogen-bond donors (Lipinski definition) is 1. The second kappa shape index (κ2) is 10.0. The molecule has 0 saturated carbocycles. The fourth-order valence-electron chi connectivity index (χ4n) is 4.04. The molecule has 0 spiro atoms. The second-order valence-corrected chi connectivity index (χ2v) is 8.46. The first-order chi connectivity index (χ1) is 15.5. The number of halogens is 1. The van der Waals surface area contributed by atoms with Crippen LogP contribution in [0.4, 0.5) is 5.69 Å². The Kier molecular flexibility index (Phi) is 6.91. The fraction of sp³-hybridized carbons (Fsp3) is 0.259. The summed E-state index contributed by atoms with van der Waals surface area (Å²) < 4.78 is 6.05. The van der Waals surface area contributed by atoms with Gasteiger partial charge < -0.3 is 10.1 Å². The molecule has 1 N–H and O–H groups in total. The van der Waals surface area contributed by atoms with Crippen LogP contribution in [0.2, 0.25) is 5.02 Å². The van der Waals surface area contributed by atoms with E-state index >= 15 is 0 Å². The molecule has 4 nitrogen and oxygen atoms in total. The summed E-state index contributed by atoms with van der Waals surface area (Å²) in [5.74, 6) is 0.200. The van der Waals surface area contributed by atoms with E-state index in [1.54, 1.807) is 42.5 Å². The van der Waals surface area contributed by atoms with Crippen molar-refractivity contribution in [1.82, 2.24) is 0 Å². The van der Waals surface area contributed by atoms with Crippen molar-refractivity contribution in [3.8, 4) is 5.75 Å². The lowest BCUT2D eigenvalue weighted by Gasteiger charge is -2.21. The zero-order chi connectivity index (χ0) is 22.5. The van der Waals surface area contributed by atoms with Crippen LogP contribution in [0, 0.1) is 0 Å². The highest BCUT2D eigenvalue weighted by Crippen LogP contribution is 2.27. The summed E-state index contributed by atoms with van der Waals surface area (Å²) in [6.45, 7) is 1.90. The molecule has 0 aliphatic heterocycles. The molecule has 5 heteroatoms. The van der Waals surface area contributed by atoms with Gasteiger partial charge >= 0.3 is 0 Å².